The van der Waals surface area contributed by atoms with Gasteiger partial charge >= 0.3 is 0 Å². The van der Waals surface area contributed by atoms with Crippen LogP contribution in [0.15, 0.2) is 47.5 Å². The van der Waals surface area contributed by atoms with E-state index < -0.39 is 10.0 Å². The number of fused-ring (bicyclic) bond motifs is 1. The number of piperazine rings is 1. The zero-order valence-electron chi connectivity index (χ0n) is 17.6. The van der Waals surface area contributed by atoms with Gasteiger partial charge in [-0.25, -0.2) is 13.4 Å². The number of benzene rings is 1. The minimum absolute atomic E-state index is 0.237. The van der Waals surface area contributed by atoms with Gasteiger partial charge in [-0.05, 0) is 18.2 Å². The van der Waals surface area contributed by atoms with Crippen molar-refractivity contribution in [1.29, 1.82) is 0 Å². The third-order valence-electron chi connectivity index (χ3n) is 5.99. The summed E-state index contributed by atoms with van der Waals surface area (Å²) in [7, 11) is -3.52. The Morgan fingerprint density at radius 3 is 2.44 bits per heavy atom. The highest BCUT2D eigenvalue weighted by Crippen LogP contribution is 2.36. The monoisotopic (exact) mass is 492 g/mol. The number of pyridine rings is 1. The first kappa shape index (κ1) is 22.1. The SMILES string of the molecule is O=S(=O)(c1ccc(N2CCN(Cc3sc4ccccc4c3Cl)CC2)nc1)N1CCOCC1. The van der Waals surface area contributed by atoms with Crippen molar-refractivity contribution in [3.8, 4) is 0 Å². The number of halogens is 1. The molecule has 0 aliphatic carbocycles. The highest BCUT2D eigenvalue weighted by molar-refractivity contribution is 7.89. The zero-order chi connectivity index (χ0) is 22.1. The molecule has 0 N–H and O–H groups in total. The molecular weight excluding hydrogens is 468 g/mol. The molecule has 0 unspecified atom stereocenters. The molecule has 0 spiro atoms. The van der Waals surface area contributed by atoms with E-state index in [2.05, 4.69) is 26.9 Å². The molecule has 2 aliphatic rings. The van der Waals surface area contributed by atoms with Crippen LogP contribution in [-0.2, 0) is 21.3 Å². The Balaban J connectivity index is 1.21. The van der Waals surface area contributed by atoms with Gasteiger partial charge in [0.25, 0.3) is 0 Å². The molecule has 170 valence electrons. The van der Waals surface area contributed by atoms with Crippen molar-refractivity contribution in [2.45, 2.75) is 11.4 Å². The van der Waals surface area contributed by atoms with E-state index in [-0.39, 0.29) is 4.90 Å². The lowest BCUT2D eigenvalue weighted by Gasteiger charge is -2.35. The van der Waals surface area contributed by atoms with Crippen molar-refractivity contribution in [1.82, 2.24) is 14.2 Å². The van der Waals surface area contributed by atoms with Crippen LogP contribution in [0.2, 0.25) is 5.02 Å². The Labute approximate surface area is 197 Å². The van der Waals surface area contributed by atoms with Crippen LogP contribution >= 0.6 is 22.9 Å². The average Bonchev–Trinajstić information content (AvgIpc) is 3.15. The molecule has 0 bridgehead atoms. The molecule has 32 heavy (non-hydrogen) atoms. The Bertz CT molecular complexity index is 1190. The minimum atomic E-state index is -3.52. The third-order valence-corrected chi connectivity index (χ3v) is 9.58. The van der Waals surface area contributed by atoms with Crippen molar-refractivity contribution in [2.75, 3.05) is 57.4 Å². The maximum Gasteiger partial charge on any atom is 0.244 e. The minimum Gasteiger partial charge on any atom is -0.379 e. The van der Waals surface area contributed by atoms with Crippen LogP contribution in [-0.4, -0.2) is 75.1 Å². The third kappa shape index (κ3) is 4.37. The van der Waals surface area contributed by atoms with Crippen molar-refractivity contribution in [3.63, 3.8) is 0 Å². The number of aromatic nitrogens is 1. The van der Waals surface area contributed by atoms with Gasteiger partial charge in [-0.1, -0.05) is 29.8 Å². The second-order valence-corrected chi connectivity index (χ2v) is 11.4. The summed E-state index contributed by atoms with van der Waals surface area (Å²) in [5.41, 5.74) is 0. The number of thiophene rings is 1. The van der Waals surface area contributed by atoms with Crippen LogP contribution in [0.4, 0.5) is 5.82 Å². The van der Waals surface area contributed by atoms with E-state index in [0.29, 0.717) is 26.3 Å². The summed E-state index contributed by atoms with van der Waals surface area (Å²) < 4.78 is 33.5. The van der Waals surface area contributed by atoms with Crippen molar-refractivity contribution < 1.29 is 13.2 Å². The molecule has 1 aromatic carbocycles. The van der Waals surface area contributed by atoms with Crippen LogP contribution in [0.25, 0.3) is 10.1 Å². The molecule has 7 nitrogen and oxygen atoms in total. The largest absolute Gasteiger partial charge is 0.379 e. The lowest BCUT2D eigenvalue weighted by Crippen LogP contribution is -2.46. The molecule has 2 saturated heterocycles. The summed E-state index contributed by atoms with van der Waals surface area (Å²) >= 11 is 8.37. The van der Waals surface area contributed by atoms with Crippen LogP contribution in [0.5, 0.6) is 0 Å². The summed E-state index contributed by atoms with van der Waals surface area (Å²) in [6, 6.07) is 11.7. The van der Waals surface area contributed by atoms with E-state index in [1.165, 1.54) is 20.1 Å². The van der Waals surface area contributed by atoms with Gasteiger partial charge in [-0.2, -0.15) is 4.31 Å². The van der Waals surface area contributed by atoms with E-state index in [1.807, 2.05) is 18.2 Å². The molecule has 0 atom stereocenters. The van der Waals surface area contributed by atoms with Gasteiger partial charge in [0.15, 0.2) is 0 Å². The predicted octanol–water partition coefficient (Wildman–Crippen LogP) is 3.29. The fourth-order valence-electron chi connectivity index (χ4n) is 4.15. The zero-order valence-corrected chi connectivity index (χ0v) is 20.0. The molecule has 3 aromatic rings. The number of morpholine rings is 1. The molecule has 0 saturated carbocycles. The Kier molecular flexibility index (Phi) is 6.37. The van der Waals surface area contributed by atoms with Crippen molar-refractivity contribution in [2.24, 2.45) is 0 Å². The van der Waals surface area contributed by atoms with Gasteiger partial charge in [-0.3, -0.25) is 4.90 Å². The predicted molar refractivity (Wildman–Crippen MR) is 128 cm³/mol. The van der Waals surface area contributed by atoms with Crippen LogP contribution in [0.1, 0.15) is 4.88 Å². The van der Waals surface area contributed by atoms with Gasteiger partial charge in [-0.15, -0.1) is 11.3 Å². The molecule has 5 rings (SSSR count). The number of sulfonamides is 1. The number of anilines is 1. The first-order valence-corrected chi connectivity index (χ1v) is 13.3. The quantitative estimate of drug-likeness (QED) is 0.544. The first-order valence-electron chi connectivity index (χ1n) is 10.7. The van der Waals surface area contributed by atoms with Crippen molar-refractivity contribution >= 4 is 48.9 Å². The molecule has 0 amide bonds. The molecular formula is C22H25ClN4O3S2. The van der Waals surface area contributed by atoms with E-state index in [0.717, 1.165) is 49.0 Å². The van der Waals surface area contributed by atoms with E-state index in [1.54, 1.807) is 17.4 Å². The van der Waals surface area contributed by atoms with E-state index in [4.69, 9.17) is 16.3 Å². The topological polar surface area (TPSA) is 66.0 Å². The standard InChI is InChI=1S/C22H25ClN4O3S2/c23-22-18-3-1-2-4-19(18)31-20(22)16-25-7-9-26(10-8-25)21-6-5-17(15-24-21)32(28,29)27-11-13-30-14-12-27/h1-6,15H,7-14,16H2. The molecule has 4 heterocycles. The Morgan fingerprint density at radius 2 is 1.75 bits per heavy atom. The molecule has 10 heteroatoms. The summed E-state index contributed by atoms with van der Waals surface area (Å²) in [6.45, 7) is 5.96. The fourth-order valence-corrected chi connectivity index (χ4v) is 7.04. The molecule has 2 aromatic heterocycles. The second kappa shape index (κ2) is 9.24. The Hall–Kier alpha value is -1.75. The highest BCUT2D eigenvalue weighted by atomic mass is 35.5. The smallest absolute Gasteiger partial charge is 0.244 e. The lowest BCUT2D eigenvalue weighted by molar-refractivity contribution is 0.0730. The number of nitrogens with zero attached hydrogens (tertiary/aromatic N) is 4. The normalized spacial score (nSPS) is 19.0. The first-order chi connectivity index (χ1) is 15.5. The van der Waals surface area contributed by atoms with Crippen LogP contribution in [0, 0.1) is 0 Å². The molecule has 2 aliphatic heterocycles. The second-order valence-electron chi connectivity index (χ2n) is 7.97. The van der Waals surface area contributed by atoms with Gasteiger partial charge < -0.3 is 9.64 Å². The lowest BCUT2D eigenvalue weighted by atomic mass is 10.2. The van der Waals surface area contributed by atoms with Gasteiger partial charge in [0.1, 0.15) is 10.7 Å². The number of rotatable bonds is 5. The molecule has 0 radical (unpaired) electrons. The van der Waals surface area contributed by atoms with Crippen LogP contribution in [0.3, 0.4) is 0 Å². The maximum absolute atomic E-state index is 12.8. The summed E-state index contributed by atoms with van der Waals surface area (Å²) in [5.74, 6) is 0.811. The van der Waals surface area contributed by atoms with Gasteiger partial charge in [0.2, 0.25) is 10.0 Å². The average molecular weight is 493 g/mol. The van der Waals surface area contributed by atoms with Crippen molar-refractivity contribution in [3.05, 3.63) is 52.5 Å². The summed E-state index contributed by atoms with van der Waals surface area (Å²) in [6.07, 6.45) is 1.48. The highest BCUT2D eigenvalue weighted by Gasteiger charge is 2.27. The Morgan fingerprint density at radius 1 is 1.00 bits per heavy atom. The van der Waals surface area contributed by atoms with E-state index >= 15 is 0 Å². The van der Waals surface area contributed by atoms with Gasteiger partial charge in [0, 0.05) is 67.0 Å². The maximum atomic E-state index is 12.8. The number of hydrogen-bond acceptors (Lipinski definition) is 7. The number of hydrogen-bond donors (Lipinski definition) is 0. The molecule has 2 fully saturated rings. The van der Waals surface area contributed by atoms with E-state index in [9.17, 15) is 8.42 Å². The fraction of sp³-hybridized carbons (Fsp3) is 0.409. The summed E-state index contributed by atoms with van der Waals surface area (Å²) in [4.78, 5) is 10.5. The number of ether oxygens (including phenoxy) is 1. The summed E-state index contributed by atoms with van der Waals surface area (Å²) in [5, 5.41) is 2.00. The van der Waals surface area contributed by atoms with Gasteiger partial charge in [0.05, 0.1) is 18.2 Å². The van der Waals surface area contributed by atoms with Crippen LogP contribution < -0.4 is 4.90 Å².